The van der Waals surface area contributed by atoms with Crippen LogP contribution in [0.15, 0.2) is 54.7 Å². The van der Waals surface area contributed by atoms with Crippen LogP contribution >= 0.6 is 11.6 Å². The molecule has 3 aromatic rings. The largest absolute Gasteiger partial charge is 0.366 e. The molecule has 0 aliphatic rings. The minimum atomic E-state index is -0.483. The number of nitrogens with one attached hydrogen (secondary N) is 2. The number of hydrogen-bond acceptors (Lipinski definition) is 6. The van der Waals surface area contributed by atoms with Gasteiger partial charge in [-0.15, -0.1) is 0 Å². The Balaban J connectivity index is 1.77. The van der Waals surface area contributed by atoms with Crippen LogP contribution in [0.3, 0.4) is 0 Å². The molecule has 8 heteroatoms. The zero-order chi connectivity index (χ0) is 19.2. The maximum Gasteiger partial charge on any atom is 0.249 e. The van der Waals surface area contributed by atoms with E-state index in [0.717, 1.165) is 16.8 Å². The zero-order valence-corrected chi connectivity index (χ0v) is 15.2. The molecule has 1 aromatic heterocycles. The van der Waals surface area contributed by atoms with Gasteiger partial charge in [0.2, 0.25) is 11.9 Å². The van der Waals surface area contributed by atoms with Crippen LogP contribution in [0.1, 0.15) is 21.5 Å². The third kappa shape index (κ3) is 4.72. The van der Waals surface area contributed by atoms with Crippen LogP contribution in [0.2, 0.25) is 5.02 Å². The molecule has 0 aliphatic carbocycles. The fourth-order valence-corrected chi connectivity index (χ4v) is 2.71. The van der Waals surface area contributed by atoms with Crippen molar-refractivity contribution in [3.63, 3.8) is 0 Å². The molecular weight excluding hydrogens is 364 g/mol. The van der Waals surface area contributed by atoms with Gasteiger partial charge in [-0.3, -0.25) is 4.79 Å². The third-order valence-corrected chi connectivity index (χ3v) is 4.17. The van der Waals surface area contributed by atoms with Crippen molar-refractivity contribution >= 4 is 35.0 Å². The van der Waals surface area contributed by atoms with E-state index >= 15 is 0 Å². The van der Waals surface area contributed by atoms with Gasteiger partial charge in [-0.2, -0.15) is 4.98 Å². The standard InChI is InChI=1S/C19H19ClN6O/c20-16-11-24-19(25-14-6-3-4-12(8-14)9-21)26-18(16)23-10-13-5-1-2-7-15(13)17(22)27/h1-8,11H,9-10,21H2,(H2,22,27)(H2,23,24,25,26). The van der Waals surface area contributed by atoms with Crippen molar-refractivity contribution in [3.05, 3.63) is 76.4 Å². The fourth-order valence-electron chi connectivity index (χ4n) is 2.55. The number of rotatable bonds is 7. The first-order chi connectivity index (χ1) is 13.1. The first-order valence-electron chi connectivity index (χ1n) is 8.27. The molecule has 0 saturated heterocycles. The molecule has 0 bridgehead atoms. The van der Waals surface area contributed by atoms with E-state index in [1.165, 1.54) is 6.20 Å². The first kappa shape index (κ1) is 18.6. The van der Waals surface area contributed by atoms with Crippen molar-refractivity contribution in [1.29, 1.82) is 0 Å². The van der Waals surface area contributed by atoms with Crippen molar-refractivity contribution in [2.45, 2.75) is 13.1 Å². The molecule has 0 fully saturated rings. The lowest BCUT2D eigenvalue weighted by Crippen LogP contribution is -2.15. The van der Waals surface area contributed by atoms with Gasteiger partial charge in [0.15, 0.2) is 5.82 Å². The van der Waals surface area contributed by atoms with Crippen LogP contribution in [-0.4, -0.2) is 15.9 Å². The van der Waals surface area contributed by atoms with Crippen molar-refractivity contribution in [1.82, 2.24) is 9.97 Å². The Bertz CT molecular complexity index is 962. The van der Waals surface area contributed by atoms with E-state index in [0.29, 0.717) is 35.4 Å². The van der Waals surface area contributed by atoms with E-state index in [1.54, 1.807) is 12.1 Å². The number of primary amides is 1. The molecule has 0 aliphatic heterocycles. The Morgan fingerprint density at radius 3 is 2.74 bits per heavy atom. The molecule has 7 nitrogen and oxygen atoms in total. The summed E-state index contributed by atoms with van der Waals surface area (Å²) in [5, 5.41) is 6.61. The number of amides is 1. The molecule has 3 rings (SSSR count). The summed E-state index contributed by atoms with van der Waals surface area (Å²) in [6, 6.07) is 14.8. The van der Waals surface area contributed by atoms with E-state index in [-0.39, 0.29) is 0 Å². The van der Waals surface area contributed by atoms with Gasteiger partial charge >= 0.3 is 0 Å². The van der Waals surface area contributed by atoms with Gasteiger partial charge in [-0.25, -0.2) is 4.98 Å². The monoisotopic (exact) mass is 382 g/mol. The number of aromatic nitrogens is 2. The Kier molecular flexibility index (Phi) is 5.85. The molecule has 2 aromatic carbocycles. The summed E-state index contributed by atoms with van der Waals surface area (Å²) in [7, 11) is 0. The highest BCUT2D eigenvalue weighted by Crippen LogP contribution is 2.23. The average Bonchev–Trinajstić information content (AvgIpc) is 2.68. The van der Waals surface area contributed by atoms with Crippen molar-refractivity contribution in [3.8, 4) is 0 Å². The molecule has 6 N–H and O–H groups in total. The number of benzene rings is 2. The number of anilines is 3. The van der Waals surface area contributed by atoms with Crippen LogP contribution in [0.4, 0.5) is 17.5 Å². The predicted octanol–water partition coefficient (Wildman–Crippen LogP) is 3.04. The number of carbonyl (C=O) groups excluding carboxylic acids is 1. The van der Waals surface area contributed by atoms with Gasteiger partial charge in [0.25, 0.3) is 0 Å². The lowest BCUT2D eigenvalue weighted by atomic mass is 10.1. The molecule has 27 heavy (non-hydrogen) atoms. The summed E-state index contributed by atoms with van der Waals surface area (Å²) in [4.78, 5) is 20.1. The predicted molar refractivity (Wildman–Crippen MR) is 107 cm³/mol. The molecule has 0 radical (unpaired) electrons. The maximum atomic E-state index is 11.5. The number of hydrogen-bond donors (Lipinski definition) is 4. The quantitative estimate of drug-likeness (QED) is 0.498. The van der Waals surface area contributed by atoms with Gasteiger partial charge < -0.3 is 22.1 Å². The molecule has 1 amide bonds. The number of nitrogens with zero attached hydrogens (tertiary/aromatic N) is 2. The van der Waals surface area contributed by atoms with Crippen LogP contribution in [-0.2, 0) is 13.1 Å². The van der Waals surface area contributed by atoms with E-state index in [4.69, 9.17) is 23.1 Å². The lowest BCUT2D eigenvalue weighted by Gasteiger charge is -2.12. The first-order valence-corrected chi connectivity index (χ1v) is 8.65. The number of halogens is 1. The normalized spacial score (nSPS) is 10.4. The van der Waals surface area contributed by atoms with Crippen LogP contribution in [0.25, 0.3) is 0 Å². The van der Waals surface area contributed by atoms with Crippen LogP contribution < -0.4 is 22.1 Å². The maximum absolute atomic E-state index is 11.5. The number of nitrogens with two attached hydrogens (primary N) is 2. The second-order valence-corrected chi connectivity index (χ2v) is 6.20. The SMILES string of the molecule is NCc1cccc(Nc2ncc(Cl)c(NCc3ccccc3C(N)=O)n2)c1. The Hall–Kier alpha value is -3.16. The van der Waals surface area contributed by atoms with Crippen molar-refractivity contribution in [2.24, 2.45) is 11.5 Å². The molecule has 138 valence electrons. The Morgan fingerprint density at radius 2 is 1.96 bits per heavy atom. The van der Waals surface area contributed by atoms with E-state index < -0.39 is 5.91 Å². The van der Waals surface area contributed by atoms with E-state index in [1.807, 2.05) is 36.4 Å². The van der Waals surface area contributed by atoms with Gasteiger partial charge in [-0.05, 0) is 29.3 Å². The minimum absolute atomic E-state index is 0.345. The van der Waals surface area contributed by atoms with Crippen LogP contribution in [0.5, 0.6) is 0 Å². The Labute approximate surface area is 161 Å². The molecule has 0 saturated carbocycles. The molecule has 1 heterocycles. The van der Waals surface area contributed by atoms with E-state index in [9.17, 15) is 4.79 Å². The molecular formula is C19H19ClN6O. The van der Waals surface area contributed by atoms with Gasteiger partial charge in [0.1, 0.15) is 5.02 Å². The van der Waals surface area contributed by atoms with E-state index in [2.05, 4.69) is 20.6 Å². The Morgan fingerprint density at radius 1 is 1.15 bits per heavy atom. The van der Waals surface area contributed by atoms with Crippen molar-refractivity contribution in [2.75, 3.05) is 10.6 Å². The van der Waals surface area contributed by atoms with Crippen molar-refractivity contribution < 1.29 is 4.79 Å². The zero-order valence-electron chi connectivity index (χ0n) is 14.4. The second kappa shape index (κ2) is 8.48. The second-order valence-electron chi connectivity index (χ2n) is 5.79. The molecule has 0 spiro atoms. The highest BCUT2D eigenvalue weighted by molar-refractivity contribution is 6.32. The summed E-state index contributed by atoms with van der Waals surface area (Å²) < 4.78 is 0. The summed E-state index contributed by atoms with van der Waals surface area (Å²) in [5.41, 5.74) is 14.1. The summed E-state index contributed by atoms with van der Waals surface area (Å²) >= 11 is 6.19. The average molecular weight is 383 g/mol. The highest BCUT2D eigenvalue weighted by Gasteiger charge is 2.10. The third-order valence-electron chi connectivity index (χ3n) is 3.89. The smallest absolute Gasteiger partial charge is 0.249 e. The van der Waals surface area contributed by atoms with Gasteiger partial charge in [0, 0.05) is 24.3 Å². The number of carbonyl (C=O) groups is 1. The molecule has 0 unspecified atom stereocenters. The summed E-state index contributed by atoms with van der Waals surface area (Å²) in [6.07, 6.45) is 1.51. The topological polar surface area (TPSA) is 119 Å². The van der Waals surface area contributed by atoms with Crippen LogP contribution in [0, 0.1) is 0 Å². The lowest BCUT2D eigenvalue weighted by molar-refractivity contribution is 0.0999. The van der Waals surface area contributed by atoms with Gasteiger partial charge in [-0.1, -0.05) is 41.9 Å². The summed E-state index contributed by atoms with van der Waals surface area (Å²) in [5.74, 6) is 0.353. The fraction of sp³-hybridized carbons (Fsp3) is 0.105. The van der Waals surface area contributed by atoms with Gasteiger partial charge in [0.05, 0.1) is 6.20 Å². The summed E-state index contributed by atoms with van der Waals surface area (Å²) in [6.45, 7) is 0.793. The highest BCUT2D eigenvalue weighted by atomic mass is 35.5. The molecule has 0 atom stereocenters. The minimum Gasteiger partial charge on any atom is -0.366 e.